The maximum Gasteiger partial charge on any atom is 0.171 e. The summed E-state index contributed by atoms with van der Waals surface area (Å²) < 4.78 is 6.01. The molecule has 12 heteroatoms. The van der Waals surface area contributed by atoms with E-state index in [0.717, 1.165) is 31.5 Å². The van der Waals surface area contributed by atoms with Crippen LogP contribution in [0.2, 0.25) is 43.6 Å². The van der Waals surface area contributed by atoms with Crippen molar-refractivity contribution in [2.75, 3.05) is 0 Å². The molecule has 7 nitrogen and oxygen atoms in total. The van der Waals surface area contributed by atoms with Gasteiger partial charge in [0, 0.05) is 18.0 Å². The summed E-state index contributed by atoms with van der Waals surface area (Å²) in [6.45, 7) is 34.2. The van der Waals surface area contributed by atoms with Crippen LogP contribution in [0, 0.1) is 8.99 Å². The summed E-state index contributed by atoms with van der Waals surface area (Å²) in [7, 11) is -3.81. The maximum atomic E-state index is 11.0. The summed E-state index contributed by atoms with van der Waals surface area (Å²) >= 11 is 14.5. The topological polar surface area (TPSA) is 81.6 Å². The van der Waals surface area contributed by atoms with Gasteiger partial charge in [-0.2, -0.15) is 0 Å². The molecule has 1 N–H and O–H groups in total. The lowest BCUT2D eigenvalue weighted by Gasteiger charge is -2.44. The fraction of sp³-hybridized carbons (Fsp3) is 0.657. The first kappa shape index (κ1) is 40.4. The van der Waals surface area contributed by atoms with E-state index in [4.69, 9.17) is 23.2 Å². The van der Waals surface area contributed by atoms with Gasteiger partial charge in [-0.05, 0) is 61.3 Å². The number of aliphatic hydroxyl groups excluding tert-OH is 1. The fourth-order valence-electron chi connectivity index (χ4n) is 8.85. The quantitative estimate of drug-likeness (QED) is 0.134. The van der Waals surface area contributed by atoms with E-state index in [1.807, 2.05) is 20.8 Å². The summed E-state index contributed by atoms with van der Waals surface area (Å²) in [5.41, 5.74) is 7.51. The lowest BCUT2D eigenvalue weighted by atomic mass is 9.85. The molecule has 0 saturated heterocycles. The largest absolute Gasteiger partial charge is 0.388 e. The zero-order chi connectivity index (χ0) is 36.0. The standard InChI is InChI=1S/C20H34ClN3OSi.C15H23ClIN3Si/c1-12(2)26(13(3)4,14(5)6)24-11-15(18(25)20(7,8)9)17-19(24)22-10-16(21)23-17;1-9(2)21(10(3)4,11(5)6)20-8-12(17)14-15(20)18-7-13(16)19-14/h10-14,18,25H,1-9H3;7-11H,1-6H3. The molecule has 1 unspecified atom stereocenters. The van der Waals surface area contributed by atoms with Gasteiger partial charge in [-0.25, -0.2) is 19.9 Å². The van der Waals surface area contributed by atoms with Crippen LogP contribution >= 0.6 is 45.8 Å². The molecule has 4 heterocycles. The highest BCUT2D eigenvalue weighted by Gasteiger charge is 2.48. The van der Waals surface area contributed by atoms with Crippen molar-refractivity contribution in [3.05, 3.63) is 44.2 Å². The van der Waals surface area contributed by atoms with Crippen LogP contribution in [0.25, 0.3) is 22.3 Å². The van der Waals surface area contributed by atoms with E-state index in [9.17, 15) is 5.11 Å². The lowest BCUT2D eigenvalue weighted by molar-refractivity contribution is 0.0637. The second-order valence-corrected chi connectivity index (χ2v) is 29.4. The van der Waals surface area contributed by atoms with Crippen LogP contribution in [0.4, 0.5) is 0 Å². The van der Waals surface area contributed by atoms with Gasteiger partial charge in [0.25, 0.3) is 0 Å². The van der Waals surface area contributed by atoms with Crippen LogP contribution < -0.4 is 0 Å². The van der Waals surface area contributed by atoms with Crippen LogP contribution in [0.3, 0.4) is 0 Å². The monoisotopic (exact) mass is 830 g/mol. The second-order valence-electron chi connectivity index (χ2n) is 16.0. The van der Waals surface area contributed by atoms with Crippen LogP contribution in [0.5, 0.6) is 0 Å². The van der Waals surface area contributed by atoms with Crippen LogP contribution in [0.1, 0.15) is 116 Å². The normalized spacial score (nSPS) is 14.1. The van der Waals surface area contributed by atoms with Gasteiger partial charge in [0.1, 0.15) is 21.3 Å². The summed E-state index contributed by atoms with van der Waals surface area (Å²) in [6.07, 6.45) is 7.03. The van der Waals surface area contributed by atoms with Crippen LogP contribution in [-0.2, 0) is 0 Å². The summed E-state index contributed by atoms with van der Waals surface area (Å²) in [6, 6.07) is 0. The molecular formula is C35H57Cl2IN6OSi2. The van der Waals surface area contributed by atoms with Gasteiger partial charge in [-0.15, -0.1) is 0 Å². The van der Waals surface area contributed by atoms with E-state index in [2.05, 4.69) is 146 Å². The highest BCUT2D eigenvalue weighted by atomic mass is 127. The van der Waals surface area contributed by atoms with Crippen molar-refractivity contribution in [3.63, 3.8) is 0 Å². The SMILES string of the molecule is CC(C)[Si](C(C)C)(C(C)C)n1cc(C(O)C(C)(C)C)c2nc(Cl)cnc21.CC(C)[Si](C(C)C)(C(C)C)n1cc(I)c2nc(Cl)cnc21. The van der Waals surface area contributed by atoms with Crippen LogP contribution in [0.15, 0.2) is 24.8 Å². The number of nitrogens with zero attached hydrogens (tertiary/aromatic N) is 6. The fourth-order valence-corrected chi connectivity index (χ4v) is 23.1. The average molecular weight is 832 g/mol. The minimum Gasteiger partial charge on any atom is -0.388 e. The number of aliphatic hydroxyl groups is 1. The van der Waals surface area contributed by atoms with E-state index < -0.39 is 22.6 Å². The minimum atomic E-state index is -2.01. The van der Waals surface area contributed by atoms with E-state index in [0.29, 0.717) is 43.6 Å². The third-order valence-corrected chi connectivity index (χ3v) is 25.0. The van der Waals surface area contributed by atoms with Gasteiger partial charge in [-0.3, -0.25) is 0 Å². The molecule has 262 valence electrons. The number of rotatable bonds is 9. The Labute approximate surface area is 309 Å². The Morgan fingerprint density at radius 3 is 1.34 bits per heavy atom. The third-order valence-electron chi connectivity index (χ3n) is 10.4. The Kier molecular flexibility index (Phi) is 12.9. The van der Waals surface area contributed by atoms with Gasteiger partial charge in [0.15, 0.2) is 27.8 Å². The zero-order valence-electron chi connectivity index (χ0n) is 31.1. The average Bonchev–Trinajstić information content (AvgIpc) is 3.45. The van der Waals surface area contributed by atoms with Gasteiger partial charge in [0.2, 0.25) is 0 Å². The highest BCUT2D eigenvalue weighted by molar-refractivity contribution is 14.1. The van der Waals surface area contributed by atoms with Gasteiger partial charge in [-0.1, -0.05) is 127 Å². The molecule has 47 heavy (non-hydrogen) atoms. The molecule has 4 aromatic heterocycles. The van der Waals surface area contributed by atoms with Crippen molar-refractivity contribution in [2.24, 2.45) is 5.41 Å². The van der Waals surface area contributed by atoms with Crippen molar-refractivity contribution < 1.29 is 5.11 Å². The molecule has 0 aromatic carbocycles. The maximum absolute atomic E-state index is 11.0. The van der Waals surface area contributed by atoms with Crippen molar-refractivity contribution in [1.29, 1.82) is 0 Å². The summed E-state index contributed by atoms with van der Waals surface area (Å²) in [5.74, 6) is 0. The molecule has 0 fully saturated rings. The van der Waals surface area contributed by atoms with Crippen LogP contribution in [-0.4, -0.2) is 50.0 Å². The van der Waals surface area contributed by atoms with E-state index in [1.54, 1.807) is 12.4 Å². The van der Waals surface area contributed by atoms with Crippen molar-refractivity contribution in [1.82, 2.24) is 28.4 Å². The molecule has 0 spiro atoms. The molecule has 0 radical (unpaired) electrons. The van der Waals surface area contributed by atoms with Crippen molar-refractivity contribution in [3.8, 4) is 0 Å². The summed E-state index contributed by atoms with van der Waals surface area (Å²) in [5, 5.41) is 11.9. The third kappa shape index (κ3) is 7.25. The van der Waals surface area contributed by atoms with E-state index in [-0.39, 0.29) is 5.41 Å². The molecule has 1 atom stereocenters. The zero-order valence-corrected chi connectivity index (χ0v) is 36.8. The van der Waals surface area contributed by atoms with Gasteiger partial charge >= 0.3 is 0 Å². The predicted molar refractivity (Wildman–Crippen MR) is 215 cm³/mol. The molecule has 0 saturated carbocycles. The van der Waals surface area contributed by atoms with E-state index in [1.165, 1.54) is 0 Å². The molecule has 0 amide bonds. The molecule has 0 bridgehead atoms. The molecule has 4 aromatic rings. The summed E-state index contributed by atoms with van der Waals surface area (Å²) in [4.78, 5) is 18.3. The molecule has 0 aliphatic carbocycles. The first-order valence-corrected chi connectivity index (χ1v) is 23.2. The Hall–Kier alpha value is -1.06. The molecule has 0 aliphatic heterocycles. The first-order chi connectivity index (χ1) is 21.6. The predicted octanol–water partition coefficient (Wildman–Crippen LogP) is 11.9. The molecular weight excluding hydrogens is 774 g/mol. The van der Waals surface area contributed by atoms with Crippen molar-refractivity contribution >= 4 is 84.6 Å². The number of aromatic nitrogens is 6. The number of fused-ring (bicyclic) bond motifs is 2. The Morgan fingerprint density at radius 1 is 0.638 bits per heavy atom. The lowest BCUT2D eigenvalue weighted by Crippen LogP contribution is -2.51. The van der Waals surface area contributed by atoms with Gasteiger partial charge < -0.3 is 13.6 Å². The second kappa shape index (κ2) is 15.0. The smallest absolute Gasteiger partial charge is 0.171 e. The number of hydrogen-bond acceptors (Lipinski definition) is 5. The Balaban J connectivity index is 0.000000261. The molecule has 0 aliphatic rings. The minimum absolute atomic E-state index is 0.291. The first-order valence-electron chi connectivity index (χ1n) is 17.0. The number of halogens is 3. The highest BCUT2D eigenvalue weighted by Crippen LogP contribution is 2.47. The Bertz CT molecular complexity index is 1630. The van der Waals surface area contributed by atoms with E-state index >= 15 is 0 Å². The molecule has 4 rings (SSSR count). The Morgan fingerprint density at radius 2 is 0.979 bits per heavy atom. The number of hydrogen-bond donors (Lipinski definition) is 1. The van der Waals surface area contributed by atoms with Gasteiger partial charge in [0.05, 0.1) is 22.1 Å². The van der Waals surface area contributed by atoms with Crippen molar-refractivity contribution in [2.45, 2.75) is 143 Å².